The first-order valence-corrected chi connectivity index (χ1v) is 7.73. The number of carboxylic acids is 1. The number of carboxylic acid groups (broad SMARTS) is 1. The van der Waals surface area contributed by atoms with Crippen LogP contribution in [0.3, 0.4) is 0 Å². The van der Waals surface area contributed by atoms with Gasteiger partial charge in [-0.2, -0.15) is 0 Å². The smallest absolute Gasteiger partial charge is 0.320 e. The van der Waals surface area contributed by atoms with Crippen molar-refractivity contribution < 1.29 is 14.7 Å². The van der Waals surface area contributed by atoms with Crippen LogP contribution < -0.4 is 5.32 Å². The summed E-state index contributed by atoms with van der Waals surface area (Å²) in [6, 6.07) is -0.902. The van der Waals surface area contributed by atoms with E-state index in [1.807, 2.05) is 4.90 Å². The third kappa shape index (κ3) is 4.78. The van der Waals surface area contributed by atoms with E-state index in [4.69, 9.17) is 0 Å². The van der Waals surface area contributed by atoms with E-state index in [1.165, 1.54) is 0 Å². The summed E-state index contributed by atoms with van der Waals surface area (Å²) >= 11 is 0. The highest BCUT2D eigenvalue weighted by Crippen LogP contribution is 2.24. The van der Waals surface area contributed by atoms with E-state index < -0.39 is 12.0 Å². The van der Waals surface area contributed by atoms with Crippen LogP contribution in [0.2, 0.25) is 0 Å². The molecular weight excluding hydrogens is 256 g/mol. The Morgan fingerprint density at radius 1 is 1.40 bits per heavy atom. The summed E-state index contributed by atoms with van der Waals surface area (Å²) in [5.41, 5.74) is 0. The van der Waals surface area contributed by atoms with Crippen LogP contribution in [0.25, 0.3) is 0 Å². The van der Waals surface area contributed by atoms with Gasteiger partial charge in [0.15, 0.2) is 0 Å². The van der Waals surface area contributed by atoms with Crippen LogP contribution in [-0.2, 0) is 9.59 Å². The Kier molecular flexibility index (Phi) is 6.99. The molecule has 0 saturated carbocycles. The molecule has 1 saturated heterocycles. The molecule has 0 spiro atoms. The van der Waals surface area contributed by atoms with Crippen molar-refractivity contribution >= 4 is 11.9 Å². The first-order chi connectivity index (χ1) is 9.47. The Morgan fingerprint density at radius 3 is 2.70 bits per heavy atom. The Hall–Kier alpha value is -1.10. The summed E-state index contributed by atoms with van der Waals surface area (Å²) in [4.78, 5) is 25.3. The number of amides is 1. The van der Waals surface area contributed by atoms with Gasteiger partial charge in [-0.05, 0) is 32.1 Å². The Balaban J connectivity index is 2.52. The number of unbranched alkanes of at least 4 members (excludes halogenated alkanes) is 2. The van der Waals surface area contributed by atoms with E-state index >= 15 is 0 Å². The van der Waals surface area contributed by atoms with Crippen molar-refractivity contribution in [1.82, 2.24) is 10.2 Å². The number of hydrogen-bond donors (Lipinski definition) is 2. The van der Waals surface area contributed by atoms with Gasteiger partial charge < -0.3 is 10.4 Å². The second-order valence-electron chi connectivity index (χ2n) is 5.90. The van der Waals surface area contributed by atoms with Gasteiger partial charge in [0, 0.05) is 13.1 Å². The third-order valence-electron chi connectivity index (χ3n) is 4.15. The zero-order chi connectivity index (χ0) is 15.1. The maximum Gasteiger partial charge on any atom is 0.320 e. The van der Waals surface area contributed by atoms with Gasteiger partial charge in [-0.15, -0.1) is 0 Å². The van der Waals surface area contributed by atoms with Crippen molar-refractivity contribution in [2.75, 3.05) is 13.1 Å². The van der Waals surface area contributed by atoms with Crippen LogP contribution in [0.15, 0.2) is 0 Å². The summed E-state index contributed by atoms with van der Waals surface area (Å²) in [7, 11) is 0. The number of hydrogen-bond acceptors (Lipinski definition) is 3. The van der Waals surface area contributed by atoms with Gasteiger partial charge >= 0.3 is 5.97 Å². The van der Waals surface area contributed by atoms with Gasteiger partial charge in [0.05, 0.1) is 6.04 Å². The van der Waals surface area contributed by atoms with E-state index in [0.717, 1.165) is 25.7 Å². The topological polar surface area (TPSA) is 69.6 Å². The lowest BCUT2D eigenvalue weighted by atomic mass is 9.91. The lowest BCUT2D eigenvalue weighted by molar-refractivity contribution is -0.148. The molecule has 20 heavy (non-hydrogen) atoms. The second kappa shape index (κ2) is 8.25. The predicted molar refractivity (Wildman–Crippen MR) is 78.5 cm³/mol. The maximum atomic E-state index is 12.1. The van der Waals surface area contributed by atoms with Crippen LogP contribution in [0.4, 0.5) is 0 Å². The van der Waals surface area contributed by atoms with Gasteiger partial charge in [-0.3, -0.25) is 14.5 Å². The number of carbonyl (C=O) groups is 2. The first-order valence-electron chi connectivity index (χ1n) is 7.73. The van der Waals surface area contributed by atoms with E-state index in [9.17, 15) is 14.7 Å². The lowest BCUT2D eigenvalue weighted by Crippen LogP contribution is -2.55. The number of aliphatic carboxylic acids is 1. The Labute approximate surface area is 121 Å². The highest BCUT2D eigenvalue weighted by molar-refractivity contribution is 5.82. The van der Waals surface area contributed by atoms with Gasteiger partial charge in [-0.25, -0.2) is 0 Å². The molecule has 5 nitrogen and oxygen atoms in total. The molecule has 0 aromatic carbocycles. The minimum atomic E-state index is -0.817. The zero-order valence-corrected chi connectivity index (χ0v) is 12.9. The average Bonchev–Trinajstić information content (AvgIpc) is 2.42. The fraction of sp³-hybridized carbons (Fsp3) is 0.867. The molecule has 1 aliphatic heterocycles. The molecule has 1 rings (SSSR count). The van der Waals surface area contributed by atoms with E-state index in [0.29, 0.717) is 25.4 Å². The van der Waals surface area contributed by atoms with Crippen molar-refractivity contribution in [1.29, 1.82) is 0 Å². The first kappa shape index (κ1) is 17.0. The molecular formula is C15H28N2O3. The quantitative estimate of drug-likeness (QED) is 0.700. The Bertz CT molecular complexity index is 333. The molecule has 0 aromatic rings. The summed E-state index contributed by atoms with van der Waals surface area (Å²) in [5, 5.41) is 12.2. The zero-order valence-electron chi connectivity index (χ0n) is 12.9. The van der Waals surface area contributed by atoms with E-state index in [1.54, 1.807) is 6.92 Å². The largest absolute Gasteiger partial charge is 0.480 e. The molecule has 1 fully saturated rings. The van der Waals surface area contributed by atoms with Gasteiger partial charge in [0.1, 0.15) is 6.04 Å². The number of carbonyl (C=O) groups excluding carboxylic acids is 1. The molecule has 1 heterocycles. The number of nitrogens with zero attached hydrogens (tertiary/aromatic N) is 1. The van der Waals surface area contributed by atoms with Crippen molar-refractivity contribution in [2.45, 2.75) is 65.0 Å². The van der Waals surface area contributed by atoms with Crippen molar-refractivity contribution in [3.05, 3.63) is 0 Å². The minimum absolute atomic E-state index is 0.0538. The summed E-state index contributed by atoms with van der Waals surface area (Å²) < 4.78 is 0. The maximum absolute atomic E-state index is 12.1. The fourth-order valence-electron chi connectivity index (χ4n) is 2.75. The number of rotatable bonds is 7. The van der Waals surface area contributed by atoms with E-state index in [2.05, 4.69) is 19.2 Å². The second-order valence-corrected chi connectivity index (χ2v) is 5.90. The van der Waals surface area contributed by atoms with Gasteiger partial charge in [-0.1, -0.05) is 26.7 Å². The predicted octanol–water partition coefficient (Wildman–Crippen LogP) is 1.87. The molecule has 5 heteroatoms. The van der Waals surface area contributed by atoms with Gasteiger partial charge in [0.2, 0.25) is 5.91 Å². The standard InChI is InChI=1S/C15H28N2O3/c1-4-5-6-8-16-14(18)12(3)17-9-7-11(2)10-13(17)15(19)20/h11-13H,4-10H2,1-3H3,(H,16,18)(H,19,20). The molecule has 0 aliphatic carbocycles. The van der Waals surface area contributed by atoms with E-state index in [-0.39, 0.29) is 11.9 Å². The number of nitrogens with one attached hydrogen (secondary N) is 1. The molecule has 2 N–H and O–H groups in total. The third-order valence-corrected chi connectivity index (χ3v) is 4.15. The minimum Gasteiger partial charge on any atom is -0.480 e. The highest BCUT2D eigenvalue weighted by atomic mass is 16.4. The highest BCUT2D eigenvalue weighted by Gasteiger charge is 2.36. The SMILES string of the molecule is CCCCCNC(=O)C(C)N1CCC(C)CC1C(=O)O. The lowest BCUT2D eigenvalue weighted by Gasteiger charge is -2.39. The van der Waals surface area contributed by atoms with Gasteiger partial charge in [0.25, 0.3) is 0 Å². The normalized spacial score (nSPS) is 25.1. The van der Waals surface area contributed by atoms with Crippen LogP contribution in [-0.4, -0.2) is 47.1 Å². The molecule has 0 bridgehead atoms. The molecule has 1 amide bonds. The number of likely N-dealkylation sites (tertiary alicyclic amines) is 1. The Morgan fingerprint density at radius 2 is 2.10 bits per heavy atom. The van der Waals surface area contributed by atoms with Crippen LogP contribution >= 0.6 is 0 Å². The van der Waals surface area contributed by atoms with Crippen molar-refractivity contribution in [3.8, 4) is 0 Å². The molecule has 3 unspecified atom stereocenters. The van der Waals surface area contributed by atoms with Crippen LogP contribution in [0.1, 0.15) is 52.9 Å². The molecule has 3 atom stereocenters. The fourth-order valence-corrected chi connectivity index (χ4v) is 2.75. The molecule has 0 radical (unpaired) electrons. The summed E-state index contributed by atoms with van der Waals surface area (Å²) in [6.45, 7) is 7.36. The van der Waals surface area contributed by atoms with Crippen molar-refractivity contribution in [2.24, 2.45) is 5.92 Å². The summed E-state index contributed by atoms with van der Waals surface area (Å²) in [5.74, 6) is -0.462. The molecule has 116 valence electrons. The van der Waals surface area contributed by atoms with Crippen LogP contribution in [0, 0.1) is 5.92 Å². The monoisotopic (exact) mass is 284 g/mol. The van der Waals surface area contributed by atoms with Crippen LogP contribution in [0.5, 0.6) is 0 Å². The number of piperidine rings is 1. The average molecular weight is 284 g/mol. The summed E-state index contributed by atoms with van der Waals surface area (Å²) in [6.07, 6.45) is 4.79. The van der Waals surface area contributed by atoms with Crippen molar-refractivity contribution in [3.63, 3.8) is 0 Å². The molecule has 0 aromatic heterocycles. The molecule has 1 aliphatic rings.